The molecule has 2 rings (SSSR count). The molecule has 2 N–H and O–H groups in total. The fourth-order valence-electron chi connectivity index (χ4n) is 1.88. The molecule has 0 amide bonds. The van der Waals surface area contributed by atoms with Crippen LogP contribution in [0.25, 0.3) is 0 Å². The highest BCUT2D eigenvalue weighted by Gasteiger charge is 2.07. The van der Waals surface area contributed by atoms with E-state index >= 15 is 0 Å². The van der Waals surface area contributed by atoms with E-state index in [2.05, 4.69) is 39.0 Å². The summed E-state index contributed by atoms with van der Waals surface area (Å²) in [6, 6.07) is 0. The summed E-state index contributed by atoms with van der Waals surface area (Å²) in [4.78, 5) is 8.75. The Morgan fingerprint density at radius 1 is 1.53 bits per heavy atom. The van der Waals surface area contributed by atoms with E-state index in [9.17, 15) is 0 Å². The van der Waals surface area contributed by atoms with E-state index in [4.69, 9.17) is 0 Å². The maximum Gasteiger partial charge on any atom is 0.191 e. The molecule has 1 aromatic rings. The van der Waals surface area contributed by atoms with Crippen LogP contribution in [0.5, 0.6) is 0 Å². The summed E-state index contributed by atoms with van der Waals surface area (Å²) in [6.07, 6.45) is 5.01. The van der Waals surface area contributed by atoms with Gasteiger partial charge in [-0.2, -0.15) is 0 Å². The first-order chi connectivity index (χ1) is 8.25. The zero-order chi connectivity index (χ0) is 12.1. The van der Waals surface area contributed by atoms with Gasteiger partial charge in [-0.15, -0.1) is 0 Å². The first kappa shape index (κ1) is 12.0. The van der Waals surface area contributed by atoms with E-state index in [0.717, 1.165) is 44.4 Å². The molecule has 1 aliphatic heterocycles. The molecule has 0 atom stereocenters. The molecule has 0 aromatic carbocycles. The van der Waals surface area contributed by atoms with Gasteiger partial charge < -0.3 is 15.2 Å². The number of hydrogen-bond acceptors (Lipinski definition) is 4. The number of guanidine groups is 1. The van der Waals surface area contributed by atoms with E-state index in [-0.39, 0.29) is 0 Å². The Kier molecular flexibility index (Phi) is 4.01. The number of imidazole rings is 1. The van der Waals surface area contributed by atoms with Crippen LogP contribution in [0.4, 0.5) is 0 Å². The third kappa shape index (κ3) is 3.47. The quantitative estimate of drug-likeness (QED) is 0.818. The predicted octanol–water partition coefficient (Wildman–Crippen LogP) is 0.978. The summed E-state index contributed by atoms with van der Waals surface area (Å²) in [5.74, 6) is 2.59. The zero-order valence-corrected chi connectivity index (χ0v) is 10.6. The molecule has 0 bridgehead atoms. The normalized spacial score (nSPS) is 15.6. The largest absolute Gasteiger partial charge is 0.356 e. The van der Waals surface area contributed by atoms with Crippen LogP contribution < -0.4 is 10.6 Å². The molecule has 5 heteroatoms. The third-order valence-corrected chi connectivity index (χ3v) is 2.67. The van der Waals surface area contributed by atoms with Gasteiger partial charge in [-0.1, -0.05) is 13.8 Å². The molecular weight excluding hydrogens is 214 g/mol. The highest BCUT2D eigenvalue weighted by Crippen LogP contribution is 2.03. The van der Waals surface area contributed by atoms with Crippen molar-refractivity contribution in [1.82, 2.24) is 20.2 Å². The Bertz CT molecular complexity index is 380. The SMILES string of the molecule is CC(C)Cn1ccnc1CNC1=NCCCN1. The monoisotopic (exact) mass is 235 g/mol. The van der Waals surface area contributed by atoms with Crippen LogP contribution >= 0.6 is 0 Å². The first-order valence-electron chi connectivity index (χ1n) is 6.28. The number of aliphatic imine (C=N–C) groups is 1. The molecule has 1 aromatic heterocycles. The van der Waals surface area contributed by atoms with Gasteiger partial charge in [0.1, 0.15) is 5.82 Å². The van der Waals surface area contributed by atoms with Gasteiger partial charge in [0.15, 0.2) is 5.96 Å². The number of nitrogens with zero attached hydrogens (tertiary/aromatic N) is 3. The topological polar surface area (TPSA) is 54.2 Å². The number of nitrogens with one attached hydrogen (secondary N) is 2. The lowest BCUT2D eigenvalue weighted by Gasteiger charge is -2.16. The standard InChI is InChI=1S/C12H21N5/c1-10(2)9-17-7-6-13-11(17)8-16-12-14-4-3-5-15-12/h6-7,10H,3-5,8-9H2,1-2H3,(H2,14,15,16). The van der Waals surface area contributed by atoms with Gasteiger partial charge in [-0.3, -0.25) is 4.99 Å². The summed E-state index contributed by atoms with van der Waals surface area (Å²) in [5, 5.41) is 6.54. The van der Waals surface area contributed by atoms with Gasteiger partial charge in [-0.05, 0) is 12.3 Å². The maximum atomic E-state index is 4.38. The van der Waals surface area contributed by atoms with Gasteiger partial charge in [-0.25, -0.2) is 4.98 Å². The summed E-state index contributed by atoms with van der Waals surface area (Å²) in [7, 11) is 0. The lowest BCUT2D eigenvalue weighted by Crippen LogP contribution is -2.40. The van der Waals surface area contributed by atoms with Crippen LogP contribution in [0, 0.1) is 5.92 Å². The van der Waals surface area contributed by atoms with Gasteiger partial charge in [0.05, 0.1) is 6.54 Å². The van der Waals surface area contributed by atoms with Crippen molar-refractivity contribution in [2.45, 2.75) is 33.4 Å². The molecule has 2 heterocycles. The fourth-order valence-corrected chi connectivity index (χ4v) is 1.88. The van der Waals surface area contributed by atoms with Crippen molar-refractivity contribution in [3.05, 3.63) is 18.2 Å². The molecule has 0 saturated carbocycles. The number of rotatable bonds is 4. The Morgan fingerprint density at radius 2 is 2.41 bits per heavy atom. The lowest BCUT2D eigenvalue weighted by atomic mass is 10.2. The van der Waals surface area contributed by atoms with Crippen molar-refractivity contribution in [3.63, 3.8) is 0 Å². The molecule has 0 spiro atoms. The minimum Gasteiger partial charge on any atom is -0.356 e. The zero-order valence-electron chi connectivity index (χ0n) is 10.6. The smallest absolute Gasteiger partial charge is 0.191 e. The van der Waals surface area contributed by atoms with E-state index < -0.39 is 0 Å². The van der Waals surface area contributed by atoms with Gasteiger partial charge in [0.25, 0.3) is 0 Å². The maximum absolute atomic E-state index is 4.38. The molecule has 0 fully saturated rings. The predicted molar refractivity (Wildman–Crippen MR) is 68.8 cm³/mol. The summed E-state index contributed by atoms with van der Waals surface area (Å²) in [5.41, 5.74) is 0. The van der Waals surface area contributed by atoms with Crippen molar-refractivity contribution < 1.29 is 0 Å². The Balaban J connectivity index is 1.90. The van der Waals surface area contributed by atoms with Crippen molar-refractivity contribution in [2.75, 3.05) is 13.1 Å². The molecule has 1 aliphatic rings. The minimum absolute atomic E-state index is 0.632. The summed E-state index contributed by atoms with van der Waals surface area (Å²) < 4.78 is 2.20. The fraction of sp³-hybridized carbons (Fsp3) is 0.667. The van der Waals surface area contributed by atoms with Crippen molar-refractivity contribution >= 4 is 5.96 Å². The Morgan fingerprint density at radius 3 is 3.12 bits per heavy atom. The average molecular weight is 235 g/mol. The van der Waals surface area contributed by atoms with Crippen molar-refractivity contribution in [1.29, 1.82) is 0 Å². The molecule has 0 radical (unpaired) electrons. The second-order valence-corrected chi connectivity index (χ2v) is 4.75. The van der Waals surface area contributed by atoms with Crippen molar-refractivity contribution in [3.8, 4) is 0 Å². The number of hydrogen-bond donors (Lipinski definition) is 2. The Hall–Kier alpha value is -1.52. The lowest BCUT2D eigenvalue weighted by molar-refractivity contribution is 0.503. The Labute approximate surface area is 102 Å². The average Bonchev–Trinajstić information content (AvgIpc) is 2.74. The summed E-state index contributed by atoms with van der Waals surface area (Å²) >= 11 is 0. The van der Waals surface area contributed by atoms with Crippen LogP contribution in [0.3, 0.4) is 0 Å². The third-order valence-electron chi connectivity index (χ3n) is 2.67. The highest BCUT2D eigenvalue weighted by atomic mass is 15.2. The molecule has 5 nitrogen and oxygen atoms in total. The van der Waals surface area contributed by atoms with Crippen molar-refractivity contribution in [2.24, 2.45) is 10.9 Å². The van der Waals surface area contributed by atoms with Gasteiger partial charge in [0, 0.05) is 32.0 Å². The summed E-state index contributed by atoms with van der Waals surface area (Å²) in [6.45, 7) is 8.08. The molecule has 0 saturated heterocycles. The van der Waals surface area contributed by atoms with Crippen LogP contribution in [-0.2, 0) is 13.1 Å². The van der Waals surface area contributed by atoms with E-state index in [1.807, 2.05) is 12.4 Å². The molecule has 94 valence electrons. The second kappa shape index (κ2) is 5.70. The van der Waals surface area contributed by atoms with Crippen LogP contribution in [-0.4, -0.2) is 28.6 Å². The highest BCUT2D eigenvalue weighted by molar-refractivity contribution is 5.80. The molecule has 0 unspecified atom stereocenters. The van der Waals surface area contributed by atoms with E-state index in [1.165, 1.54) is 0 Å². The van der Waals surface area contributed by atoms with E-state index in [0.29, 0.717) is 5.92 Å². The molecular formula is C12H21N5. The number of aromatic nitrogens is 2. The van der Waals surface area contributed by atoms with Crippen LogP contribution in [0.1, 0.15) is 26.1 Å². The first-order valence-corrected chi connectivity index (χ1v) is 6.28. The van der Waals surface area contributed by atoms with Gasteiger partial charge in [0.2, 0.25) is 0 Å². The van der Waals surface area contributed by atoms with Gasteiger partial charge >= 0.3 is 0 Å². The minimum atomic E-state index is 0.632. The molecule has 0 aliphatic carbocycles. The van der Waals surface area contributed by atoms with E-state index in [1.54, 1.807) is 0 Å². The second-order valence-electron chi connectivity index (χ2n) is 4.75. The van der Waals surface area contributed by atoms with Crippen LogP contribution in [0.15, 0.2) is 17.4 Å². The molecule has 17 heavy (non-hydrogen) atoms. The van der Waals surface area contributed by atoms with Crippen LogP contribution in [0.2, 0.25) is 0 Å².